The molecule has 25 heavy (non-hydrogen) atoms. The molecule has 148 valence electrons. The third-order valence-corrected chi connectivity index (χ3v) is 5.67. The predicted molar refractivity (Wildman–Crippen MR) is 86.2 cm³/mol. The smallest absolute Gasteiger partial charge is 0.384 e. The Kier molecular flexibility index (Phi) is 9.07. The lowest BCUT2D eigenvalue weighted by atomic mass is 10.1. The molecule has 0 aromatic carbocycles. The van der Waals surface area contributed by atoms with Crippen molar-refractivity contribution in [1.82, 2.24) is 4.31 Å². The third kappa shape index (κ3) is 5.95. The number of carbonyl (C=O) groups is 1. The van der Waals surface area contributed by atoms with E-state index in [4.69, 9.17) is 5.11 Å². The maximum atomic E-state index is 14.1. The number of carboxylic acids is 1. The Bertz CT molecular complexity index is 564. The van der Waals surface area contributed by atoms with E-state index in [2.05, 4.69) is 6.58 Å². The third-order valence-electron chi connectivity index (χ3n) is 3.71. The summed E-state index contributed by atoms with van der Waals surface area (Å²) in [6.45, 7) is 4.50. The molecule has 0 aliphatic heterocycles. The second kappa shape index (κ2) is 9.51. The van der Waals surface area contributed by atoms with Crippen molar-refractivity contribution < 1.29 is 35.9 Å². The average molecular weight is 391 g/mol. The van der Waals surface area contributed by atoms with Gasteiger partial charge in [0.1, 0.15) is 5.57 Å². The minimum Gasteiger partial charge on any atom is -0.478 e. The van der Waals surface area contributed by atoms with Gasteiger partial charge in [-0.25, -0.2) is 13.2 Å². The van der Waals surface area contributed by atoms with Crippen LogP contribution in [0.4, 0.5) is 17.6 Å². The van der Waals surface area contributed by atoms with Crippen LogP contribution in [0.15, 0.2) is 12.2 Å². The number of alkyl halides is 4. The highest BCUT2D eigenvalue weighted by molar-refractivity contribution is 7.89. The molecular formula is C15H25F4NO4S. The van der Waals surface area contributed by atoms with Crippen LogP contribution < -0.4 is 0 Å². The van der Waals surface area contributed by atoms with Crippen molar-refractivity contribution in [2.75, 3.05) is 12.3 Å². The van der Waals surface area contributed by atoms with Crippen molar-refractivity contribution in [2.45, 2.75) is 64.3 Å². The highest BCUT2D eigenvalue weighted by Gasteiger charge is 2.65. The van der Waals surface area contributed by atoms with E-state index >= 15 is 0 Å². The fourth-order valence-electron chi connectivity index (χ4n) is 2.22. The maximum Gasteiger partial charge on any atom is 0.384 e. The van der Waals surface area contributed by atoms with Crippen LogP contribution in [0.1, 0.15) is 52.4 Å². The van der Waals surface area contributed by atoms with Gasteiger partial charge in [0, 0.05) is 6.54 Å². The summed E-state index contributed by atoms with van der Waals surface area (Å²) in [5.74, 6) is -8.27. The van der Waals surface area contributed by atoms with Crippen LogP contribution in [0.3, 0.4) is 0 Å². The number of carboxylic acid groups (broad SMARTS) is 1. The zero-order chi connectivity index (χ0) is 19.9. The van der Waals surface area contributed by atoms with E-state index in [1.54, 1.807) is 0 Å². The summed E-state index contributed by atoms with van der Waals surface area (Å²) >= 11 is 0. The molecule has 0 unspecified atom stereocenters. The van der Waals surface area contributed by atoms with E-state index in [-0.39, 0.29) is 6.42 Å². The van der Waals surface area contributed by atoms with E-state index < -0.39 is 50.1 Å². The fourth-order valence-corrected chi connectivity index (χ4v) is 3.86. The molecule has 1 N–H and O–H groups in total. The minimum atomic E-state index is -5.23. The SMILES string of the molecule is C=C(C(=O)O)C(F)(F)C(F)(F)N(CC)S(=O)(=O)CCCCCCCC. The average Bonchev–Trinajstić information content (AvgIpc) is 2.49. The van der Waals surface area contributed by atoms with Crippen LogP contribution in [-0.2, 0) is 14.8 Å². The Morgan fingerprint density at radius 3 is 1.96 bits per heavy atom. The normalized spacial score (nSPS) is 13.2. The molecule has 0 bridgehead atoms. The number of rotatable bonds is 13. The topological polar surface area (TPSA) is 74.7 Å². The number of halogens is 4. The highest BCUT2D eigenvalue weighted by Crippen LogP contribution is 2.43. The van der Waals surface area contributed by atoms with Crippen molar-refractivity contribution in [2.24, 2.45) is 0 Å². The van der Waals surface area contributed by atoms with Gasteiger partial charge in [0.05, 0.1) is 5.75 Å². The molecular weight excluding hydrogens is 366 g/mol. The van der Waals surface area contributed by atoms with E-state index in [0.717, 1.165) is 32.6 Å². The fraction of sp³-hybridized carbons (Fsp3) is 0.800. The summed E-state index contributed by atoms with van der Waals surface area (Å²) in [6.07, 6.45) is 4.08. The van der Waals surface area contributed by atoms with Gasteiger partial charge in [-0.15, -0.1) is 4.31 Å². The van der Waals surface area contributed by atoms with E-state index in [9.17, 15) is 30.8 Å². The lowest BCUT2D eigenvalue weighted by Crippen LogP contribution is -2.58. The number of unbranched alkanes of at least 4 members (excludes halogenated alkanes) is 5. The molecule has 0 radical (unpaired) electrons. The molecule has 0 fully saturated rings. The molecule has 0 aliphatic carbocycles. The first-order valence-electron chi connectivity index (χ1n) is 8.05. The second-order valence-electron chi connectivity index (χ2n) is 5.65. The molecule has 0 saturated carbocycles. The van der Waals surface area contributed by atoms with Crippen LogP contribution >= 0.6 is 0 Å². The van der Waals surface area contributed by atoms with Gasteiger partial charge >= 0.3 is 17.9 Å². The number of aliphatic carboxylic acids is 1. The van der Waals surface area contributed by atoms with Gasteiger partial charge in [-0.05, 0) is 6.42 Å². The van der Waals surface area contributed by atoms with Gasteiger partial charge in [0.2, 0.25) is 10.0 Å². The van der Waals surface area contributed by atoms with Gasteiger partial charge in [0.25, 0.3) is 0 Å². The number of nitrogens with zero attached hydrogens (tertiary/aromatic N) is 1. The lowest BCUT2D eigenvalue weighted by Gasteiger charge is -2.34. The molecule has 0 saturated heterocycles. The van der Waals surface area contributed by atoms with Crippen LogP contribution in [0.25, 0.3) is 0 Å². The van der Waals surface area contributed by atoms with E-state index in [0.29, 0.717) is 6.42 Å². The Morgan fingerprint density at radius 1 is 1.04 bits per heavy atom. The summed E-state index contributed by atoms with van der Waals surface area (Å²) in [6, 6.07) is -5.22. The molecule has 0 rings (SSSR count). The van der Waals surface area contributed by atoms with Crippen LogP contribution in [0.5, 0.6) is 0 Å². The molecule has 0 heterocycles. The molecule has 10 heteroatoms. The van der Waals surface area contributed by atoms with Crippen LogP contribution in [0, 0.1) is 0 Å². The zero-order valence-corrected chi connectivity index (χ0v) is 15.2. The van der Waals surface area contributed by atoms with Crippen LogP contribution in [-0.4, -0.2) is 48.1 Å². The van der Waals surface area contributed by atoms with Crippen molar-refractivity contribution in [3.05, 3.63) is 12.2 Å². The van der Waals surface area contributed by atoms with Gasteiger partial charge in [-0.1, -0.05) is 52.5 Å². The van der Waals surface area contributed by atoms with Crippen molar-refractivity contribution >= 4 is 16.0 Å². The summed E-state index contributed by atoms with van der Waals surface area (Å²) in [5.41, 5.74) is -2.06. The number of sulfonamides is 1. The van der Waals surface area contributed by atoms with Gasteiger partial charge < -0.3 is 5.11 Å². The molecule has 0 aromatic rings. The van der Waals surface area contributed by atoms with E-state index in [1.165, 1.54) is 0 Å². The minimum absolute atomic E-state index is 0.0596. The highest BCUT2D eigenvalue weighted by atomic mass is 32.2. The Hall–Kier alpha value is -1.16. The lowest BCUT2D eigenvalue weighted by molar-refractivity contribution is -0.243. The summed E-state index contributed by atoms with van der Waals surface area (Å²) in [5, 5.41) is 8.50. The first-order valence-corrected chi connectivity index (χ1v) is 9.66. The molecule has 0 atom stereocenters. The second-order valence-corrected chi connectivity index (χ2v) is 7.66. The van der Waals surface area contributed by atoms with Crippen molar-refractivity contribution in [3.8, 4) is 0 Å². The Balaban J connectivity index is 5.20. The summed E-state index contributed by atoms with van der Waals surface area (Å²) in [7, 11) is -4.70. The predicted octanol–water partition coefficient (Wildman–Crippen LogP) is 3.87. The molecule has 0 aromatic heterocycles. The van der Waals surface area contributed by atoms with Gasteiger partial charge in [-0.2, -0.15) is 17.6 Å². The zero-order valence-electron chi connectivity index (χ0n) is 14.4. The first kappa shape index (κ1) is 23.8. The van der Waals surface area contributed by atoms with Crippen molar-refractivity contribution in [3.63, 3.8) is 0 Å². The molecule has 5 nitrogen and oxygen atoms in total. The van der Waals surface area contributed by atoms with Gasteiger partial charge in [0.15, 0.2) is 0 Å². The Morgan fingerprint density at radius 2 is 1.52 bits per heavy atom. The molecule has 0 spiro atoms. The number of hydrogen-bond donors (Lipinski definition) is 1. The first-order chi connectivity index (χ1) is 11.4. The maximum absolute atomic E-state index is 14.1. The quantitative estimate of drug-likeness (QED) is 0.224. The largest absolute Gasteiger partial charge is 0.478 e. The number of hydrogen-bond acceptors (Lipinski definition) is 3. The van der Waals surface area contributed by atoms with Crippen molar-refractivity contribution in [1.29, 1.82) is 0 Å². The van der Waals surface area contributed by atoms with Crippen LogP contribution in [0.2, 0.25) is 0 Å². The summed E-state index contributed by atoms with van der Waals surface area (Å²) in [4.78, 5) is 10.6. The molecule has 0 amide bonds. The molecule has 0 aliphatic rings. The Labute approximate surface area is 145 Å². The standard InChI is InChI=1S/C15H25F4NO4S/c1-4-6-7-8-9-10-11-25(23,24)20(5-2)15(18,19)14(16,17)12(3)13(21)22/h3-11H2,1-2H3,(H,21,22). The van der Waals surface area contributed by atoms with E-state index in [1.807, 2.05) is 6.92 Å². The summed E-state index contributed by atoms with van der Waals surface area (Å²) < 4.78 is 79.4. The van der Waals surface area contributed by atoms with Gasteiger partial charge in [-0.3, -0.25) is 0 Å². The monoisotopic (exact) mass is 391 g/mol.